The number of fused-ring (bicyclic) bond motifs is 1. The van der Waals surface area contributed by atoms with Crippen molar-refractivity contribution in [1.82, 2.24) is 0 Å². The number of hydrogen-bond donors (Lipinski definition) is 1. The molecule has 0 radical (unpaired) electrons. The van der Waals surface area contributed by atoms with Gasteiger partial charge in [-0.05, 0) is 43.5 Å². The zero-order chi connectivity index (χ0) is 16.3. The average Bonchev–Trinajstić information content (AvgIpc) is 3.12. The van der Waals surface area contributed by atoms with E-state index in [1.165, 1.54) is 6.92 Å². The third-order valence-electron chi connectivity index (χ3n) is 5.38. The van der Waals surface area contributed by atoms with Crippen LogP contribution in [0.4, 0.5) is 5.69 Å². The number of halogens is 1. The molecule has 3 aliphatic rings. The Morgan fingerprint density at radius 2 is 1.91 bits per heavy atom. The highest BCUT2D eigenvalue weighted by Gasteiger charge is 2.67. The van der Waals surface area contributed by atoms with E-state index in [0.29, 0.717) is 11.3 Å². The van der Waals surface area contributed by atoms with Crippen molar-refractivity contribution >= 4 is 34.9 Å². The van der Waals surface area contributed by atoms with Crippen molar-refractivity contribution < 1.29 is 19.1 Å². The Hall–Kier alpha value is -1.88. The number of benzene rings is 1. The summed E-state index contributed by atoms with van der Waals surface area (Å²) in [4.78, 5) is 36.0. The number of ether oxygens (including phenoxy) is 1. The summed E-state index contributed by atoms with van der Waals surface area (Å²) in [6, 6.07) is 6.72. The van der Waals surface area contributed by atoms with Gasteiger partial charge in [0.15, 0.2) is 5.78 Å². The van der Waals surface area contributed by atoms with Crippen LogP contribution >= 0.6 is 11.6 Å². The molecule has 0 aromatic heterocycles. The maximum Gasteiger partial charge on any atom is 0.310 e. The molecule has 120 valence electrons. The van der Waals surface area contributed by atoms with Crippen LogP contribution in [0.1, 0.15) is 23.7 Å². The van der Waals surface area contributed by atoms with Crippen LogP contribution in [0, 0.1) is 23.7 Å². The van der Waals surface area contributed by atoms with Crippen LogP contribution in [0.25, 0.3) is 0 Å². The van der Waals surface area contributed by atoms with Crippen molar-refractivity contribution in [1.29, 1.82) is 0 Å². The van der Waals surface area contributed by atoms with E-state index in [2.05, 4.69) is 5.32 Å². The van der Waals surface area contributed by atoms with Crippen LogP contribution in [0.5, 0.6) is 0 Å². The molecule has 1 N–H and O–H groups in total. The van der Waals surface area contributed by atoms with Crippen LogP contribution in [0.2, 0.25) is 0 Å². The molecule has 5 nitrogen and oxygen atoms in total. The molecule has 1 aliphatic heterocycles. The van der Waals surface area contributed by atoms with Crippen molar-refractivity contribution in [2.75, 3.05) is 5.32 Å². The largest absolute Gasteiger partial charge is 0.460 e. The predicted molar refractivity (Wildman–Crippen MR) is 83.2 cm³/mol. The first-order chi connectivity index (χ1) is 11.0. The standard InChI is InChI=1S/C17H16ClNO4/c1-7(20)8-2-4-9(5-3-8)19-16(21)12-10-6-11-13(12)17(22)23-15(11)14(10)18/h2-5,10-15H,6H2,1H3,(H,19,21). The summed E-state index contributed by atoms with van der Waals surface area (Å²) < 4.78 is 5.34. The summed E-state index contributed by atoms with van der Waals surface area (Å²) in [5.74, 6) is -1.25. The van der Waals surface area contributed by atoms with Gasteiger partial charge in [-0.1, -0.05) is 0 Å². The minimum absolute atomic E-state index is 0.0143. The van der Waals surface area contributed by atoms with Gasteiger partial charge in [0.2, 0.25) is 5.91 Å². The fraction of sp³-hybridized carbons (Fsp3) is 0.471. The van der Waals surface area contributed by atoms with Gasteiger partial charge >= 0.3 is 5.97 Å². The minimum atomic E-state index is -0.429. The lowest BCUT2D eigenvalue weighted by Crippen LogP contribution is -2.40. The van der Waals surface area contributed by atoms with Gasteiger partial charge in [-0.3, -0.25) is 14.4 Å². The summed E-state index contributed by atoms with van der Waals surface area (Å²) in [7, 11) is 0. The zero-order valence-electron chi connectivity index (χ0n) is 12.5. The van der Waals surface area contributed by atoms with Crippen LogP contribution < -0.4 is 5.32 Å². The summed E-state index contributed by atoms with van der Waals surface area (Å²) in [5, 5.41) is 2.56. The Labute approximate surface area is 138 Å². The maximum atomic E-state index is 12.7. The van der Waals surface area contributed by atoms with Crippen LogP contribution in [0.3, 0.4) is 0 Å². The van der Waals surface area contributed by atoms with Gasteiger partial charge in [0, 0.05) is 17.2 Å². The molecule has 2 saturated carbocycles. The van der Waals surface area contributed by atoms with Gasteiger partial charge < -0.3 is 10.1 Å². The second-order valence-corrected chi connectivity index (χ2v) is 7.09. The Kier molecular flexibility index (Phi) is 3.23. The summed E-state index contributed by atoms with van der Waals surface area (Å²) >= 11 is 6.37. The highest BCUT2D eigenvalue weighted by atomic mass is 35.5. The third kappa shape index (κ3) is 2.10. The monoisotopic (exact) mass is 333 g/mol. The normalized spacial score (nSPS) is 36.9. The Bertz CT molecular complexity index is 701. The second kappa shape index (κ2) is 5.06. The molecule has 6 heteroatoms. The van der Waals surface area contributed by atoms with E-state index in [9.17, 15) is 14.4 Å². The SMILES string of the molecule is CC(=O)c1ccc(NC(=O)C2C3CC4C(OC(=O)C42)C3Cl)cc1. The Morgan fingerprint density at radius 3 is 2.57 bits per heavy atom. The molecule has 23 heavy (non-hydrogen) atoms. The van der Waals surface area contributed by atoms with Gasteiger partial charge in [0.25, 0.3) is 0 Å². The molecule has 4 rings (SSSR count). The van der Waals surface area contributed by atoms with Crippen LogP contribution in [-0.2, 0) is 14.3 Å². The van der Waals surface area contributed by atoms with E-state index in [0.717, 1.165) is 6.42 Å². The van der Waals surface area contributed by atoms with Gasteiger partial charge in [-0.25, -0.2) is 0 Å². The molecule has 0 spiro atoms. The van der Waals surface area contributed by atoms with Gasteiger partial charge in [-0.2, -0.15) is 0 Å². The van der Waals surface area contributed by atoms with Crippen LogP contribution in [0.15, 0.2) is 24.3 Å². The molecular weight excluding hydrogens is 318 g/mol. The average molecular weight is 334 g/mol. The molecule has 2 bridgehead atoms. The number of ketones is 1. The molecule has 1 saturated heterocycles. The summed E-state index contributed by atoms with van der Waals surface area (Å²) in [6.07, 6.45) is 0.550. The fourth-order valence-electron chi connectivity index (χ4n) is 4.34. The molecule has 2 aliphatic carbocycles. The number of amides is 1. The van der Waals surface area contributed by atoms with Gasteiger partial charge in [-0.15, -0.1) is 11.6 Å². The molecule has 6 atom stereocenters. The predicted octanol–water partition coefficient (Wildman–Crippen LogP) is 2.24. The van der Waals surface area contributed by atoms with E-state index in [1.54, 1.807) is 24.3 Å². The van der Waals surface area contributed by atoms with E-state index in [1.807, 2.05) is 0 Å². The number of rotatable bonds is 3. The number of carbonyl (C=O) groups excluding carboxylic acids is 3. The maximum absolute atomic E-state index is 12.7. The molecule has 1 aromatic carbocycles. The highest BCUT2D eigenvalue weighted by molar-refractivity contribution is 6.22. The molecule has 1 amide bonds. The third-order valence-corrected chi connectivity index (χ3v) is 5.96. The van der Waals surface area contributed by atoms with Gasteiger partial charge in [0.1, 0.15) is 6.10 Å². The van der Waals surface area contributed by atoms with Crippen molar-refractivity contribution in [3.63, 3.8) is 0 Å². The number of esters is 1. The summed E-state index contributed by atoms with van der Waals surface area (Å²) in [6.45, 7) is 1.49. The van der Waals surface area contributed by atoms with Crippen molar-refractivity contribution in [3.8, 4) is 0 Å². The first-order valence-corrected chi connectivity index (χ1v) is 8.17. The Balaban J connectivity index is 1.53. The number of Topliss-reactive ketones (excluding diaryl/α,β-unsaturated/α-hetero) is 1. The van der Waals surface area contributed by atoms with E-state index in [-0.39, 0.29) is 46.9 Å². The lowest BCUT2D eigenvalue weighted by Gasteiger charge is -2.27. The topological polar surface area (TPSA) is 72.5 Å². The number of hydrogen-bond acceptors (Lipinski definition) is 4. The second-order valence-electron chi connectivity index (χ2n) is 6.58. The lowest BCUT2D eigenvalue weighted by atomic mass is 9.79. The van der Waals surface area contributed by atoms with Crippen LogP contribution in [-0.4, -0.2) is 29.1 Å². The first-order valence-electron chi connectivity index (χ1n) is 7.74. The van der Waals surface area contributed by atoms with Crippen molar-refractivity contribution in [2.24, 2.45) is 23.7 Å². The zero-order valence-corrected chi connectivity index (χ0v) is 13.2. The molecule has 6 unspecified atom stereocenters. The quantitative estimate of drug-likeness (QED) is 0.523. The number of anilines is 1. The smallest absolute Gasteiger partial charge is 0.310 e. The van der Waals surface area contributed by atoms with E-state index in [4.69, 9.17) is 16.3 Å². The van der Waals surface area contributed by atoms with Crippen molar-refractivity contribution in [3.05, 3.63) is 29.8 Å². The Morgan fingerprint density at radius 1 is 1.22 bits per heavy atom. The molecule has 3 fully saturated rings. The van der Waals surface area contributed by atoms with Gasteiger partial charge in [0.05, 0.1) is 17.2 Å². The van der Waals surface area contributed by atoms with Crippen molar-refractivity contribution in [2.45, 2.75) is 24.8 Å². The molecular formula is C17H16ClNO4. The number of carbonyl (C=O) groups is 3. The minimum Gasteiger partial charge on any atom is -0.460 e. The van der Waals surface area contributed by atoms with E-state index < -0.39 is 5.92 Å². The lowest BCUT2D eigenvalue weighted by molar-refractivity contribution is -0.145. The summed E-state index contributed by atoms with van der Waals surface area (Å²) in [5.41, 5.74) is 1.20. The highest BCUT2D eigenvalue weighted by Crippen LogP contribution is 2.59. The number of nitrogens with one attached hydrogen (secondary N) is 1. The number of alkyl halides is 1. The molecule has 1 heterocycles. The fourth-order valence-corrected chi connectivity index (χ4v) is 4.84. The first kappa shape index (κ1) is 14.7. The van der Waals surface area contributed by atoms with E-state index >= 15 is 0 Å². The molecule has 1 aromatic rings.